The van der Waals surface area contributed by atoms with Gasteiger partial charge in [0, 0.05) is 11.1 Å². The van der Waals surface area contributed by atoms with Crippen molar-refractivity contribution >= 4 is 46.9 Å². The standard InChI is InChI=1S/C19H13ClN2O4/c20-13-6-4-12(5-7-13)16-17(19(26)22-18(16)25)21-14-8-1-11(2-9-14)3-10-15(23)24/h1-10,16H,(H,23,24)(H,22,25,26). The second-order valence-corrected chi connectivity index (χ2v) is 6.00. The van der Waals surface area contributed by atoms with Gasteiger partial charge in [-0.1, -0.05) is 35.9 Å². The first-order chi connectivity index (χ1) is 12.4. The molecule has 7 heteroatoms. The van der Waals surface area contributed by atoms with Crippen molar-refractivity contribution in [2.45, 2.75) is 5.92 Å². The molecule has 26 heavy (non-hydrogen) atoms. The zero-order valence-corrected chi connectivity index (χ0v) is 14.1. The molecule has 0 aliphatic carbocycles. The lowest BCUT2D eigenvalue weighted by Gasteiger charge is -2.08. The van der Waals surface area contributed by atoms with Gasteiger partial charge < -0.3 is 5.11 Å². The molecule has 2 N–H and O–H groups in total. The van der Waals surface area contributed by atoms with E-state index in [4.69, 9.17) is 16.7 Å². The third kappa shape index (κ3) is 3.87. The summed E-state index contributed by atoms with van der Waals surface area (Å²) in [6.07, 6.45) is 2.47. The predicted molar refractivity (Wildman–Crippen MR) is 97.5 cm³/mol. The van der Waals surface area contributed by atoms with E-state index in [9.17, 15) is 14.4 Å². The number of halogens is 1. The molecule has 0 saturated carbocycles. The lowest BCUT2D eigenvalue weighted by Crippen LogP contribution is -2.22. The molecule has 0 spiro atoms. The van der Waals surface area contributed by atoms with Crippen molar-refractivity contribution in [3.05, 3.63) is 70.8 Å². The first-order valence-corrected chi connectivity index (χ1v) is 8.02. The van der Waals surface area contributed by atoms with Gasteiger partial charge >= 0.3 is 5.97 Å². The van der Waals surface area contributed by atoms with E-state index in [-0.39, 0.29) is 5.71 Å². The van der Waals surface area contributed by atoms with E-state index >= 15 is 0 Å². The molecule has 130 valence electrons. The summed E-state index contributed by atoms with van der Waals surface area (Å²) in [5, 5.41) is 11.4. The minimum atomic E-state index is -1.04. The molecule has 1 saturated heterocycles. The Kier molecular flexibility index (Phi) is 4.95. The monoisotopic (exact) mass is 368 g/mol. The molecule has 3 rings (SSSR count). The molecule has 6 nitrogen and oxygen atoms in total. The van der Waals surface area contributed by atoms with Crippen molar-refractivity contribution < 1.29 is 19.5 Å². The van der Waals surface area contributed by atoms with Crippen LogP contribution in [0.25, 0.3) is 6.08 Å². The first-order valence-electron chi connectivity index (χ1n) is 7.64. The van der Waals surface area contributed by atoms with Crippen molar-refractivity contribution in [3.8, 4) is 0 Å². The van der Waals surface area contributed by atoms with Gasteiger partial charge in [-0.2, -0.15) is 0 Å². The molecule has 2 aromatic carbocycles. The Morgan fingerprint density at radius 2 is 1.73 bits per heavy atom. The Morgan fingerprint density at radius 3 is 2.35 bits per heavy atom. The second kappa shape index (κ2) is 7.33. The Morgan fingerprint density at radius 1 is 1.08 bits per heavy atom. The van der Waals surface area contributed by atoms with Gasteiger partial charge in [-0.05, 0) is 41.5 Å². The van der Waals surface area contributed by atoms with Crippen LogP contribution in [0, 0.1) is 0 Å². The minimum Gasteiger partial charge on any atom is -0.478 e. The normalized spacial score (nSPS) is 18.5. The van der Waals surface area contributed by atoms with Crippen LogP contribution in [0.4, 0.5) is 5.69 Å². The summed E-state index contributed by atoms with van der Waals surface area (Å²) in [6.45, 7) is 0. The molecule has 0 bridgehead atoms. The number of aliphatic carboxylic acids is 1. The van der Waals surface area contributed by atoms with Gasteiger partial charge in [0.05, 0.1) is 5.69 Å². The van der Waals surface area contributed by atoms with Gasteiger partial charge in [0.15, 0.2) is 0 Å². The third-order valence-electron chi connectivity index (χ3n) is 3.77. The Balaban J connectivity index is 1.92. The van der Waals surface area contributed by atoms with Gasteiger partial charge in [-0.15, -0.1) is 0 Å². The molecule has 2 amide bonds. The molecule has 1 fully saturated rings. The van der Waals surface area contributed by atoms with Crippen LogP contribution in [-0.4, -0.2) is 28.6 Å². The topological polar surface area (TPSA) is 95.8 Å². The molecule has 1 unspecified atom stereocenters. The molecule has 1 aliphatic rings. The van der Waals surface area contributed by atoms with Crippen molar-refractivity contribution in [2.75, 3.05) is 0 Å². The van der Waals surface area contributed by atoms with E-state index < -0.39 is 23.7 Å². The van der Waals surface area contributed by atoms with Crippen LogP contribution in [0.1, 0.15) is 17.0 Å². The summed E-state index contributed by atoms with van der Waals surface area (Å²) < 4.78 is 0. The average molecular weight is 369 g/mol. The maximum Gasteiger partial charge on any atom is 0.328 e. The number of benzene rings is 2. The number of hydrogen-bond donors (Lipinski definition) is 2. The smallest absolute Gasteiger partial charge is 0.328 e. The molecule has 0 aromatic heterocycles. The van der Waals surface area contributed by atoms with Gasteiger partial charge in [0.2, 0.25) is 5.91 Å². The molecular formula is C19H13ClN2O4. The highest BCUT2D eigenvalue weighted by Gasteiger charge is 2.39. The number of carbonyl (C=O) groups excluding carboxylic acids is 2. The molecule has 1 aliphatic heterocycles. The second-order valence-electron chi connectivity index (χ2n) is 5.56. The average Bonchev–Trinajstić information content (AvgIpc) is 2.88. The number of hydrogen-bond acceptors (Lipinski definition) is 4. The Bertz CT molecular complexity index is 931. The van der Waals surface area contributed by atoms with Crippen LogP contribution in [-0.2, 0) is 14.4 Å². The van der Waals surface area contributed by atoms with E-state index in [1.54, 1.807) is 48.5 Å². The van der Waals surface area contributed by atoms with Crippen molar-refractivity contribution in [1.29, 1.82) is 0 Å². The quantitative estimate of drug-likeness (QED) is 0.640. The molecular weight excluding hydrogens is 356 g/mol. The summed E-state index contributed by atoms with van der Waals surface area (Å²) in [7, 11) is 0. The highest BCUT2D eigenvalue weighted by molar-refractivity contribution is 6.52. The number of amides is 2. The number of carbonyl (C=O) groups is 3. The lowest BCUT2D eigenvalue weighted by atomic mass is 9.96. The van der Waals surface area contributed by atoms with Gasteiger partial charge in [-0.3, -0.25) is 14.9 Å². The molecule has 0 radical (unpaired) electrons. The summed E-state index contributed by atoms with van der Waals surface area (Å²) in [4.78, 5) is 39.1. The fourth-order valence-electron chi connectivity index (χ4n) is 2.55. The molecule has 1 heterocycles. The van der Waals surface area contributed by atoms with Gasteiger partial charge in [0.1, 0.15) is 11.6 Å². The fourth-order valence-corrected chi connectivity index (χ4v) is 2.68. The van der Waals surface area contributed by atoms with Crippen LogP contribution < -0.4 is 5.32 Å². The summed E-state index contributed by atoms with van der Waals surface area (Å²) in [5.41, 5.74) is 1.89. The van der Waals surface area contributed by atoms with E-state index in [1.165, 1.54) is 6.08 Å². The number of nitrogens with one attached hydrogen (secondary N) is 1. The van der Waals surface area contributed by atoms with Crippen LogP contribution in [0.2, 0.25) is 5.02 Å². The van der Waals surface area contributed by atoms with Gasteiger partial charge in [-0.25, -0.2) is 9.79 Å². The van der Waals surface area contributed by atoms with E-state index in [0.717, 1.165) is 6.08 Å². The lowest BCUT2D eigenvalue weighted by molar-refractivity contribution is -0.131. The Labute approximate surface area is 153 Å². The number of nitrogens with zero attached hydrogens (tertiary/aromatic N) is 1. The minimum absolute atomic E-state index is 0.103. The van der Waals surface area contributed by atoms with Crippen LogP contribution >= 0.6 is 11.6 Å². The van der Waals surface area contributed by atoms with Crippen LogP contribution in [0.5, 0.6) is 0 Å². The first kappa shape index (κ1) is 17.6. The Hall–Kier alpha value is -3.25. The van der Waals surface area contributed by atoms with Crippen LogP contribution in [0.15, 0.2) is 59.6 Å². The maximum absolute atomic E-state index is 12.2. The fraction of sp³-hybridized carbons (Fsp3) is 0.0526. The van der Waals surface area contributed by atoms with E-state index in [0.29, 0.717) is 21.8 Å². The highest BCUT2D eigenvalue weighted by Crippen LogP contribution is 2.26. The van der Waals surface area contributed by atoms with Crippen molar-refractivity contribution in [1.82, 2.24) is 5.32 Å². The summed E-state index contributed by atoms with van der Waals surface area (Å²) in [5.74, 6) is -2.81. The highest BCUT2D eigenvalue weighted by atomic mass is 35.5. The number of aliphatic imine (C=N–C) groups is 1. The maximum atomic E-state index is 12.2. The number of carboxylic acid groups (broad SMARTS) is 1. The zero-order valence-electron chi connectivity index (χ0n) is 13.3. The third-order valence-corrected chi connectivity index (χ3v) is 4.02. The van der Waals surface area contributed by atoms with Crippen LogP contribution in [0.3, 0.4) is 0 Å². The van der Waals surface area contributed by atoms with E-state index in [2.05, 4.69) is 10.3 Å². The number of rotatable bonds is 4. The number of imide groups is 1. The SMILES string of the molecule is O=C(O)C=Cc1ccc(N=C2C(=O)NC(=O)C2c2ccc(Cl)cc2)cc1. The number of carboxylic acids is 1. The van der Waals surface area contributed by atoms with Crippen molar-refractivity contribution in [2.24, 2.45) is 4.99 Å². The predicted octanol–water partition coefficient (Wildman–Crippen LogP) is 2.95. The van der Waals surface area contributed by atoms with Gasteiger partial charge in [0.25, 0.3) is 5.91 Å². The summed E-state index contributed by atoms with van der Waals surface area (Å²) in [6, 6.07) is 13.3. The van der Waals surface area contributed by atoms with Crippen molar-refractivity contribution in [3.63, 3.8) is 0 Å². The largest absolute Gasteiger partial charge is 0.478 e. The van der Waals surface area contributed by atoms with E-state index in [1.807, 2.05) is 0 Å². The zero-order chi connectivity index (χ0) is 18.7. The molecule has 2 aromatic rings. The summed E-state index contributed by atoms with van der Waals surface area (Å²) >= 11 is 5.87. The molecule has 1 atom stereocenters.